The van der Waals surface area contributed by atoms with Crippen molar-refractivity contribution in [3.8, 4) is 17.2 Å². The smallest absolute Gasteiger partial charge is 0.231 e. The number of rotatable bonds is 4. The first-order valence-electron chi connectivity index (χ1n) is 6.26. The summed E-state index contributed by atoms with van der Waals surface area (Å²) in [6.07, 6.45) is 0. The Morgan fingerprint density at radius 1 is 1.15 bits per heavy atom. The van der Waals surface area contributed by atoms with E-state index >= 15 is 0 Å². The first-order chi connectivity index (χ1) is 9.78. The van der Waals surface area contributed by atoms with Gasteiger partial charge in [-0.3, -0.25) is 0 Å². The summed E-state index contributed by atoms with van der Waals surface area (Å²) in [6.45, 7) is 0.650. The van der Waals surface area contributed by atoms with E-state index in [0.29, 0.717) is 23.7 Å². The molecule has 0 atom stereocenters. The average molecular weight is 275 g/mol. The summed E-state index contributed by atoms with van der Waals surface area (Å²) in [5, 5.41) is 0. The molecular weight excluding hydrogens is 261 g/mol. The van der Waals surface area contributed by atoms with Gasteiger partial charge < -0.3 is 19.9 Å². The van der Waals surface area contributed by atoms with Gasteiger partial charge in [0.1, 0.15) is 18.2 Å². The molecule has 1 heterocycles. The van der Waals surface area contributed by atoms with E-state index in [4.69, 9.17) is 19.9 Å². The fourth-order valence-electron chi connectivity index (χ4n) is 2.06. The third-order valence-corrected chi connectivity index (χ3v) is 3.11. The highest BCUT2D eigenvalue weighted by Gasteiger charge is 2.14. The number of fused-ring (bicyclic) bond motifs is 1. The Kier molecular flexibility index (Phi) is 3.43. The summed E-state index contributed by atoms with van der Waals surface area (Å²) in [5.41, 5.74) is 6.84. The monoisotopic (exact) mass is 275 g/mol. The van der Waals surface area contributed by atoms with Gasteiger partial charge in [-0.15, -0.1) is 0 Å². The normalized spacial score (nSPS) is 12.5. The summed E-state index contributed by atoms with van der Waals surface area (Å²) >= 11 is 0. The Bertz CT molecular complexity index is 631. The summed E-state index contributed by atoms with van der Waals surface area (Å²) in [5.74, 6) is 1.53. The Morgan fingerprint density at radius 2 is 2.00 bits per heavy atom. The zero-order valence-corrected chi connectivity index (χ0v) is 10.8. The maximum Gasteiger partial charge on any atom is 0.231 e. The summed E-state index contributed by atoms with van der Waals surface area (Å²) in [4.78, 5) is 0. The number of ether oxygens (including phenoxy) is 3. The van der Waals surface area contributed by atoms with Gasteiger partial charge in [0, 0.05) is 12.1 Å². The molecule has 3 rings (SSSR count). The van der Waals surface area contributed by atoms with E-state index in [-0.39, 0.29) is 19.2 Å². The van der Waals surface area contributed by atoms with Crippen LogP contribution in [-0.4, -0.2) is 6.79 Å². The first kappa shape index (κ1) is 12.7. The Labute approximate surface area is 115 Å². The van der Waals surface area contributed by atoms with Crippen LogP contribution >= 0.6 is 0 Å². The number of hydrogen-bond acceptors (Lipinski definition) is 4. The van der Waals surface area contributed by atoms with E-state index in [9.17, 15) is 4.39 Å². The van der Waals surface area contributed by atoms with Crippen LogP contribution in [0.2, 0.25) is 0 Å². The van der Waals surface area contributed by atoms with Crippen LogP contribution in [0.25, 0.3) is 0 Å². The van der Waals surface area contributed by atoms with Crippen LogP contribution in [0.4, 0.5) is 4.39 Å². The van der Waals surface area contributed by atoms with Crippen LogP contribution in [0.3, 0.4) is 0 Å². The van der Waals surface area contributed by atoms with Gasteiger partial charge in [-0.25, -0.2) is 4.39 Å². The Morgan fingerprint density at radius 3 is 2.85 bits per heavy atom. The lowest BCUT2D eigenvalue weighted by atomic mass is 10.2. The molecule has 2 N–H and O–H groups in total. The van der Waals surface area contributed by atoms with E-state index in [1.54, 1.807) is 12.1 Å². The van der Waals surface area contributed by atoms with Crippen molar-refractivity contribution in [1.29, 1.82) is 0 Å². The number of benzene rings is 2. The van der Waals surface area contributed by atoms with Gasteiger partial charge in [-0.2, -0.15) is 0 Å². The van der Waals surface area contributed by atoms with Crippen LogP contribution in [0.15, 0.2) is 36.4 Å². The number of hydrogen-bond donors (Lipinski definition) is 1. The van der Waals surface area contributed by atoms with Gasteiger partial charge in [-0.05, 0) is 29.8 Å². The predicted octanol–water partition coefficient (Wildman–Crippen LogP) is 2.59. The van der Waals surface area contributed by atoms with Crippen molar-refractivity contribution in [3.63, 3.8) is 0 Å². The molecule has 0 aromatic heterocycles. The molecular formula is C15H14FNO3. The molecule has 0 saturated carbocycles. The van der Waals surface area contributed by atoms with Crippen molar-refractivity contribution in [3.05, 3.63) is 53.3 Å². The fourth-order valence-corrected chi connectivity index (χ4v) is 2.06. The molecule has 0 radical (unpaired) electrons. The molecule has 4 nitrogen and oxygen atoms in total. The summed E-state index contributed by atoms with van der Waals surface area (Å²) in [7, 11) is 0. The maximum atomic E-state index is 13.6. The van der Waals surface area contributed by atoms with E-state index < -0.39 is 0 Å². The molecule has 0 fully saturated rings. The molecule has 0 saturated heterocycles. The van der Waals surface area contributed by atoms with Crippen LogP contribution in [0, 0.1) is 5.82 Å². The second kappa shape index (κ2) is 5.38. The van der Waals surface area contributed by atoms with Crippen molar-refractivity contribution in [2.24, 2.45) is 5.73 Å². The molecule has 0 amide bonds. The van der Waals surface area contributed by atoms with E-state index in [0.717, 1.165) is 11.3 Å². The molecule has 104 valence electrons. The minimum Gasteiger partial charge on any atom is -0.488 e. The topological polar surface area (TPSA) is 53.7 Å². The van der Waals surface area contributed by atoms with Gasteiger partial charge in [0.05, 0.1) is 0 Å². The van der Waals surface area contributed by atoms with Gasteiger partial charge in [0.15, 0.2) is 11.5 Å². The Hall–Kier alpha value is -2.27. The number of halogens is 1. The van der Waals surface area contributed by atoms with Crippen LogP contribution in [0.1, 0.15) is 11.1 Å². The highest BCUT2D eigenvalue weighted by Crippen LogP contribution is 2.33. The second-order valence-electron chi connectivity index (χ2n) is 4.40. The molecule has 0 bridgehead atoms. The highest BCUT2D eigenvalue weighted by molar-refractivity contribution is 5.44. The van der Waals surface area contributed by atoms with E-state index in [1.165, 1.54) is 6.07 Å². The van der Waals surface area contributed by atoms with Crippen molar-refractivity contribution >= 4 is 0 Å². The van der Waals surface area contributed by atoms with E-state index in [1.807, 2.05) is 18.2 Å². The van der Waals surface area contributed by atoms with Crippen molar-refractivity contribution in [1.82, 2.24) is 0 Å². The molecule has 0 unspecified atom stereocenters. The Balaban J connectivity index is 1.75. The molecule has 2 aromatic carbocycles. The third kappa shape index (κ3) is 2.40. The van der Waals surface area contributed by atoms with Crippen molar-refractivity contribution < 1.29 is 18.6 Å². The minimum atomic E-state index is -0.351. The van der Waals surface area contributed by atoms with Gasteiger partial charge >= 0.3 is 0 Å². The molecule has 20 heavy (non-hydrogen) atoms. The fraction of sp³-hybridized carbons (Fsp3) is 0.200. The van der Waals surface area contributed by atoms with Gasteiger partial charge in [0.25, 0.3) is 0 Å². The van der Waals surface area contributed by atoms with Gasteiger partial charge in [-0.1, -0.05) is 12.1 Å². The maximum absolute atomic E-state index is 13.6. The van der Waals surface area contributed by atoms with E-state index in [2.05, 4.69) is 0 Å². The zero-order valence-electron chi connectivity index (χ0n) is 10.8. The second-order valence-corrected chi connectivity index (χ2v) is 4.40. The predicted molar refractivity (Wildman–Crippen MR) is 71.2 cm³/mol. The molecule has 1 aliphatic heterocycles. The highest BCUT2D eigenvalue weighted by atomic mass is 19.1. The summed E-state index contributed by atoms with van der Waals surface area (Å²) < 4.78 is 29.7. The molecule has 0 spiro atoms. The van der Waals surface area contributed by atoms with Crippen LogP contribution < -0.4 is 19.9 Å². The van der Waals surface area contributed by atoms with Crippen LogP contribution in [0.5, 0.6) is 17.2 Å². The molecule has 0 aliphatic carbocycles. The molecule has 5 heteroatoms. The average Bonchev–Trinajstić information content (AvgIpc) is 2.92. The largest absolute Gasteiger partial charge is 0.488 e. The van der Waals surface area contributed by atoms with Crippen molar-refractivity contribution in [2.45, 2.75) is 13.2 Å². The quantitative estimate of drug-likeness (QED) is 0.931. The SMILES string of the molecule is NCc1c(F)cccc1OCc1ccc2c(c1)OCO2. The molecule has 1 aliphatic rings. The third-order valence-electron chi connectivity index (χ3n) is 3.11. The van der Waals surface area contributed by atoms with Crippen molar-refractivity contribution in [2.75, 3.05) is 6.79 Å². The van der Waals surface area contributed by atoms with Crippen LogP contribution in [-0.2, 0) is 13.2 Å². The lowest BCUT2D eigenvalue weighted by Crippen LogP contribution is -2.05. The zero-order chi connectivity index (χ0) is 13.9. The standard InChI is InChI=1S/C15H14FNO3/c16-12-2-1-3-13(11(12)7-17)18-8-10-4-5-14-15(6-10)20-9-19-14/h1-6H,7-9,17H2. The molecule has 2 aromatic rings. The lowest BCUT2D eigenvalue weighted by Gasteiger charge is -2.11. The number of nitrogens with two attached hydrogens (primary N) is 1. The summed E-state index contributed by atoms with van der Waals surface area (Å²) in [6, 6.07) is 10.2. The lowest BCUT2D eigenvalue weighted by molar-refractivity contribution is 0.174. The van der Waals surface area contributed by atoms with Gasteiger partial charge in [0.2, 0.25) is 6.79 Å². The minimum absolute atomic E-state index is 0.100. The first-order valence-corrected chi connectivity index (χ1v) is 6.26.